The number of likely N-dealkylation sites (tertiary alicyclic amines) is 1. The first-order chi connectivity index (χ1) is 14.4. The Morgan fingerprint density at radius 1 is 1.03 bits per heavy atom. The SMILES string of the molecule is CC(C)c1nc2ccc(-c3ccccc3)cc2c(=O)n1C[C@H]1CCCN(C(C)C)C1. The lowest BCUT2D eigenvalue weighted by Gasteiger charge is -2.36. The van der Waals surface area contributed by atoms with Crippen molar-refractivity contribution >= 4 is 10.9 Å². The lowest BCUT2D eigenvalue weighted by atomic mass is 9.96. The molecule has 1 aromatic heterocycles. The van der Waals surface area contributed by atoms with E-state index >= 15 is 0 Å². The van der Waals surface area contributed by atoms with Crippen LogP contribution in [0.3, 0.4) is 0 Å². The minimum absolute atomic E-state index is 0.100. The minimum Gasteiger partial charge on any atom is -0.301 e. The third kappa shape index (κ3) is 4.20. The summed E-state index contributed by atoms with van der Waals surface area (Å²) in [6.45, 7) is 11.8. The quantitative estimate of drug-likeness (QED) is 0.580. The van der Waals surface area contributed by atoms with Crippen LogP contribution in [0.1, 0.15) is 52.3 Å². The molecule has 0 amide bonds. The van der Waals surface area contributed by atoms with Crippen molar-refractivity contribution in [3.63, 3.8) is 0 Å². The molecular formula is C26H33N3O. The van der Waals surface area contributed by atoms with Gasteiger partial charge in [0.05, 0.1) is 10.9 Å². The zero-order chi connectivity index (χ0) is 21.3. The maximum absolute atomic E-state index is 13.6. The molecule has 1 fully saturated rings. The average Bonchev–Trinajstić information content (AvgIpc) is 2.76. The molecule has 0 radical (unpaired) electrons. The molecule has 2 heterocycles. The van der Waals surface area contributed by atoms with Crippen LogP contribution in [0.5, 0.6) is 0 Å². The number of nitrogens with zero attached hydrogens (tertiary/aromatic N) is 3. The number of hydrogen-bond donors (Lipinski definition) is 0. The predicted octanol–water partition coefficient (Wildman–Crippen LogP) is 5.31. The molecular weight excluding hydrogens is 370 g/mol. The highest BCUT2D eigenvalue weighted by atomic mass is 16.1. The van der Waals surface area contributed by atoms with Crippen LogP contribution in [0.2, 0.25) is 0 Å². The zero-order valence-electron chi connectivity index (χ0n) is 18.6. The lowest BCUT2D eigenvalue weighted by molar-refractivity contribution is 0.129. The van der Waals surface area contributed by atoms with Crippen LogP contribution in [0.15, 0.2) is 53.3 Å². The summed E-state index contributed by atoms with van der Waals surface area (Å²) in [5.41, 5.74) is 3.09. The Hall–Kier alpha value is -2.46. The van der Waals surface area contributed by atoms with E-state index in [1.165, 1.54) is 12.8 Å². The van der Waals surface area contributed by atoms with Crippen molar-refractivity contribution in [2.24, 2.45) is 5.92 Å². The van der Waals surface area contributed by atoms with Crippen molar-refractivity contribution in [2.45, 2.75) is 59.0 Å². The van der Waals surface area contributed by atoms with E-state index in [1.54, 1.807) is 0 Å². The maximum Gasteiger partial charge on any atom is 0.261 e. The average molecular weight is 404 g/mol. The van der Waals surface area contributed by atoms with Crippen LogP contribution < -0.4 is 5.56 Å². The molecule has 4 nitrogen and oxygen atoms in total. The fraction of sp³-hybridized carbons (Fsp3) is 0.462. The van der Waals surface area contributed by atoms with Gasteiger partial charge in [-0.1, -0.05) is 50.2 Å². The second kappa shape index (κ2) is 8.73. The molecule has 4 rings (SSSR count). The van der Waals surface area contributed by atoms with Crippen LogP contribution in [-0.4, -0.2) is 33.6 Å². The summed E-state index contributed by atoms with van der Waals surface area (Å²) < 4.78 is 1.97. The van der Waals surface area contributed by atoms with Gasteiger partial charge < -0.3 is 4.90 Å². The molecule has 1 saturated heterocycles. The molecule has 0 bridgehead atoms. The molecule has 1 atom stereocenters. The lowest BCUT2D eigenvalue weighted by Crippen LogP contribution is -2.42. The number of aromatic nitrogens is 2. The van der Waals surface area contributed by atoms with Gasteiger partial charge in [-0.2, -0.15) is 0 Å². The molecule has 30 heavy (non-hydrogen) atoms. The van der Waals surface area contributed by atoms with Gasteiger partial charge >= 0.3 is 0 Å². The molecule has 1 aliphatic heterocycles. The Kier molecular flexibility index (Phi) is 6.05. The number of benzene rings is 2. The van der Waals surface area contributed by atoms with Gasteiger partial charge in [-0.15, -0.1) is 0 Å². The van der Waals surface area contributed by atoms with Gasteiger partial charge in [-0.3, -0.25) is 9.36 Å². The summed E-state index contributed by atoms with van der Waals surface area (Å²) in [7, 11) is 0. The number of hydrogen-bond acceptors (Lipinski definition) is 3. The largest absolute Gasteiger partial charge is 0.301 e. The van der Waals surface area contributed by atoms with Crippen molar-refractivity contribution in [2.75, 3.05) is 13.1 Å². The van der Waals surface area contributed by atoms with Gasteiger partial charge in [0.2, 0.25) is 0 Å². The molecule has 4 heteroatoms. The number of piperidine rings is 1. The summed E-state index contributed by atoms with van der Waals surface area (Å²) in [5.74, 6) is 1.61. The smallest absolute Gasteiger partial charge is 0.261 e. The topological polar surface area (TPSA) is 38.1 Å². The van der Waals surface area contributed by atoms with Crippen molar-refractivity contribution in [1.82, 2.24) is 14.5 Å². The monoisotopic (exact) mass is 403 g/mol. The van der Waals surface area contributed by atoms with Crippen molar-refractivity contribution in [3.8, 4) is 11.1 Å². The Morgan fingerprint density at radius 3 is 2.50 bits per heavy atom. The third-order valence-electron chi connectivity index (χ3n) is 6.33. The van der Waals surface area contributed by atoms with Crippen molar-refractivity contribution < 1.29 is 0 Å². The fourth-order valence-electron chi connectivity index (χ4n) is 4.64. The highest BCUT2D eigenvalue weighted by Crippen LogP contribution is 2.25. The van der Waals surface area contributed by atoms with Crippen molar-refractivity contribution in [1.29, 1.82) is 0 Å². The number of fused-ring (bicyclic) bond motifs is 1. The maximum atomic E-state index is 13.6. The summed E-state index contributed by atoms with van der Waals surface area (Å²) >= 11 is 0. The van der Waals surface area contributed by atoms with Gasteiger partial charge in [0.25, 0.3) is 5.56 Å². The van der Waals surface area contributed by atoms with E-state index in [9.17, 15) is 4.79 Å². The van der Waals surface area contributed by atoms with Gasteiger partial charge in [-0.05, 0) is 62.4 Å². The second-order valence-electron chi connectivity index (χ2n) is 9.24. The molecule has 0 aliphatic carbocycles. The highest BCUT2D eigenvalue weighted by molar-refractivity contribution is 5.83. The standard InChI is InChI=1S/C26H33N3O/c1-18(2)25-27-24-13-12-22(21-10-6-5-7-11-21)15-23(24)26(30)29(25)17-20-9-8-14-28(16-20)19(3)4/h5-7,10-13,15,18-20H,8-9,14,16-17H2,1-4H3/t20-/m0/s1. The Morgan fingerprint density at radius 2 is 1.80 bits per heavy atom. The van der Waals surface area contributed by atoms with Gasteiger partial charge in [0.1, 0.15) is 5.82 Å². The molecule has 1 aliphatic rings. The summed E-state index contributed by atoms with van der Waals surface area (Å²) in [6.07, 6.45) is 2.38. The van der Waals surface area contributed by atoms with Gasteiger partial charge in [-0.25, -0.2) is 4.98 Å². The van der Waals surface area contributed by atoms with E-state index in [0.717, 1.165) is 47.5 Å². The summed E-state index contributed by atoms with van der Waals surface area (Å²) in [6, 6.07) is 16.9. The van der Waals surface area contributed by atoms with Gasteiger partial charge in [0.15, 0.2) is 0 Å². The summed E-state index contributed by atoms with van der Waals surface area (Å²) in [4.78, 5) is 21.1. The van der Waals surface area contributed by atoms with E-state index < -0.39 is 0 Å². The molecule has 0 saturated carbocycles. The highest BCUT2D eigenvalue weighted by Gasteiger charge is 2.24. The van der Waals surface area contributed by atoms with Crippen LogP contribution in [0, 0.1) is 5.92 Å². The van der Waals surface area contributed by atoms with Crippen molar-refractivity contribution in [3.05, 3.63) is 64.7 Å². The Bertz CT molecular complexity index is 1070. The van der Waals surface area contributed by atoms with Crippen LogP contribution in [-0.2, 0) is 6.54 Å². The predicted molar refractivity (Wildman–Crippen MR) is 125 cm³/mol. The molecule has 158 valence electrons. The van der Waals surface area contributed by atoms with Gasteiger partial charge in [0, 0.05) is 25.0 Å². The first-order valence-corrected chi connectivity index (χ1v) is 11.3. The van der Waals surface area contributed by atoms with Crippen LogP contribution in [0.25, 0.3) is 22.0 Å². The van der Waals surface area contributed by atoms with E-state index in [4.69, 9.17) is 4.98 Å². The van der Waals surface area contributed by atoms with E-state index in [2.05, 4.69) is 50.8 Å². The Labute approximate surface area is 179 Å². The number of rotatable bonds is 5. The van der Waals surface area contributed by atoms with Crippen LogP contribution in [0.4, 0.5) is 0 Å². The van der Waals surface area contributed by atoms with E-state index in [1.807, 2.05) is 34.9 Å². The first kappa shape index (κ1) is 20.8. The normalized spacial score (nSPS) is 17.9. The molecule has 0 spiro atoms. The minimum atomic E-state index is 0.100. The van der Waals surface area contributed by atoms with E-state index in [-0.39, 0.29) is 11.5 Å². The molecule has 3 aromatic rings. The summed E-state index contributed by atoms with van der Waals surface area (Å²) in [5, 5.41) is 0.720. The molecule has 2 aromatic carbocycles. The first-order valence-electron chi connectivity index (χ1n) is 11.3. The third-order valence-corrected chi connectivity index (χ3v) is 6.33. The zero-order valence-corrected chi connectivity index (χ0v) is 18.6. The second-order valence-corrected chi connectivity index (χ2v) is 9.24. The molecule has 0 unspecified atom stereocenters. The van der Waals surface area contributed by atoms with Crippen LogP contribution >= 0.6 is 0 Å². The molecule has 0 N–H and O–H groups in total. The van der Waals surface area contributed by atoms with E-state index in [0.29, 0.717) is 12.0 Å². The fourth-order valence-corrected chi connectivity index (χ4v) is 4.64. The Balaban J connectivity index is 1.76.